The molecule has 1 aromatic heterocycles. The van der Waals surface area contributed by atoms with Gasteiger partial charge in [-0.3, -0.25) is 9.69 Å². The van der Waals surface area contributed by atoms with Gasteiger partial charge in [0.15, 0.2) is 0 Å². The number of phenols is 1. The highest BCUT2D eigenvalue weighted by Crippen LogP contribution is 2.29. The van der Waals surface area contributed by atoms with Crippen LogP contribution in [0.4, 0.5) is 5.82 Å². The lowest BCUT2D eigenvalue weighted by atomic mass is 9.91. The van der Waals surface area contributed by atoms with Gasteiger partial charge < -0.3 is 20.1 Å². The minimum atomic E-state index is -0.289. The molecule has 0 aliphatic heterocycles. The Hall–Kier alpha value is -3.60. The number of nitriles is 1. The first-order chi connectivity index (χ1) is 17.4. The van der Waals surface area contributed by atoms with Crippen LogP contribution in [0.2, 0.25) is 0 Å². The normalized spacial score (nSPS) is 17.6. The fourth-order valence-electron chi connectivity index (χ4n) is 5.08. The number of carbonyl (C=O) groups is 1. The SMILES string of the molecule is Cc1c(C#N)c(NC(=O)CN(Cc2cccc(O)c2)C2CCC(O)CC2)n(Cc2ccccc2)c1C. The molecule has 7 heteroatoms. The lowest BCUT2D eigenvalue weighted by Gasteiger charge is -2.35. The first kappa shape index (κ1) is 25.5. The van der Waals surface area contributed by atoms with Crippen molar-refractivity contribution in [3.8, 4) is 11.8 Å². The van der Waals surface area contributed by atoms with Gasteiger partial charge >= 0.3 is 0 Å². The second-order valence-corrected chi connectivity index (χ2v) is 9.70. The minimum Gasteiger partial charge on any atom is -0.508 e. The number of aliphatic hydroxyl groups is 1. The van der Waals surface area contributed by atoms with Crippen LogP contribution in [0.25, 0.3) is 0 Å². The topological polar surface area (TPSA) is 102 Å². The summed E-state index contributed by atoms with van der Waals surface area (Å²) in [6.45, 7) is 5.09. The van der Waals surface area contributed by atoms with Gasteiger partial charge in [0.2, 0.25) is 5.91 Å². The first-order valence-corrected chi connectivity index (χ1v) is 12.5. The number of nitrogens with one attached hydrogen (secondary N) is 1. The van der Waals surface area contributed by atoms with Crippen LogP contribution in [0, 0.1) is 25.2 Å². The summed E-state index contributed by atoms with van der Waals surface area (Å²) in [7, 11) is 0. The average molecular weight is 487 g/mol. The number of anilines is 1. The van der Waals surface area contributed by atoms with E-state index in [0.29, 0.717) is 37.3 Å². The Morgan fingerprint density at radius 3 is 2.44 bits per heavy atom. The fraction of sp³-hybridized carbons (Fsp3) is 0.379. The Kier molecular flexibility index (Phi) is 8.09. The lowest BCUT2D eigenvalue weighted by molar-refractivity contribution is -0.118. The van der Waals surface area contributed by atoms with E-state index in [0.717, 1.165) is 35.2 Å². The van der Waals surface area contributed by atoms with Gasteiger partial charge in [0.1, 0.15) is 17.6 Å². The maximum absolute atomic E-state index is 13.4. The number of nitrogens with zero attached hydrogens (tertiary/aromatic N) is 3. The zero-order chi connectivity index (χ0) is 25.7. The summed E-state index contributed by atoms with van der Waals surface area (Å²) < 4.78 is 2.00. The third-order valence-corrected chi connectivity index (χ3v) is 7.21. The molecule has 1 aliphatic rings. The number of rotatable bonds is 8. The molecule has 0 bridgehead atoms. The summed E-state index contributed by atoms with van der Waals surface area (Å²) in [6.07, 6.45) is 2.74. The smallest absolute Gasteiger partial charge is 0.239 e. The monoisotopic (exact) mass is 486 g/mol. The number of hydrogen-bond donors (Lipinski definition) is 3. The molecule has 0 radical (unpaired) electrons. The molecule has 0 spiro atoms. The van der Waals surface area contributed by atoms with Crippen molar-refractivity contribution in [3.63, 3.8) is 0 Å². The third kappa shape index (κ3) is 5.96. The van der Waals surface area contributed by atoms with Gasteiger partial charge in [-0.1, -0.05) is 42.5 Å². The standard InChI is InChI=1S/C29H34N4O3/c1-20-21(2)33(18-22-7-4-3-5-8-22)29(27(20)16-30)31-28(36)19-32(24-11-13-25(34)14-12-24)17-23-9-6-10-26(35)15-23/h3-10,15,24-25,34-35H,11-14,17-19H2,1-2H3,(H,31,36). The van der Waals surface area contributed by atoms with Gasteiger partial charge in [-0.05, 0) is 68.4 Å². The molecule has 3 N–H and O–H groups in total. The number of phenolic OH excluding ortho intramolecular Hbond substituents is 1. The van der Waals surface area contributed by atoms with Crippen molar-refractivity contribution in [2.75, 3.05) is 11.9 Å². The van der Waals surface area contributed by atoms with E-state index in [-0.39, 0.29) is 30.3 Å². The molecule has 1 fully saturated rings. The highest BCUT2D eigenvalue weighted by atomic mass is 16.3. The molecule has 0 saturated heterocycles. The maximum atomic E-state index is 13.4. The van der Waals surface area contributed by atoms with Gasteiger partial charge in [0, 0.05) is 24.8 Å². The minimum absolute atomic E-state index is 0.149. The van der Waals surface area contributed by atoms with E-state index >= 15 is 0 Å². The third-order valence-electron chi connectivity index (χ3n) is 7.21. The Bertz CT molecular complexity index is 1240. The van der Waals surface area contributed by atoms with Crippen molar-refractivity contribution >= 4 is 11.7 Å². The van der Waals surface area contributed by atoms with E-state index in [1.165, 1.54) is 0 Å². The van der Waals surface area contributed by atoms with E-state index in [1.54, 1.807) is 18.2 Å². The number of benzene rings is 2. The predicted octanol–water partition coefficient (Wildman–Crippen LogP) is 4.47. The van der Waals surface area contributed by atoms with Crippen molar-refractivity contribution in [3.05, 3.63) is 82.5 Å². The van der Waals surface area contributed by atoms with Gasteiger partial charge in [0.05, 0.1) is 18.2 Å². The number of aliphatic hydroxyl groups excluding tert-OH is 1. The molecular formula is C29H34N4O3. The molecule has 1 aliphatic carbocycles. The van der Waals surface area contributed by atoms with Crippen LogP contribution in [0.3, 0.4) is 0 Å². The van der Waals surface area contributed by atoms with Crippen molar-refractivity contribution in [1.29, 1.82) is 5.26 Å². The van der Waals surface area contributed by atoms with Gasteiger partial charge in [-0.15, -0.1) is 0 Å². The number of hydrogen-bond acceptors (Lipinski definition) is 5. The fourth-order valence-corrected chi connectivity index (χ4v) is 5.08. The number of amides is 1. The van der Waals surface area contributed by atoms with Crippen LogP contribution in [-0.2, 0) is 17.9 Å². The van der Waals surface area contributed by atoms with Gasteiger partial charge in [0.25, 0.3) is 0 Å². The van der Waals surface area contributed by atoms with Crippen LogP contribution in [0.1, 0.15) is 53.6 Å². The summed E-state index contributed by atoms with van der Waals surface area (Å²) in [5.41, 5.74) is 4.30. The summed E-state index contributed by atoms with van der Waals surface area (Å²) in [4.78, 5) is 15.5. The number of carbonyl (C=O) groups excluding carboxylic acids is 1. The van der Waals surface area contributed by atoms with Crippen LogP contribution < -0.4 is 5.32 Å². The molecule has 1 saturated carbocycles. The zero-order valence-corrected chi connectivity index (χ0v) is 20.9. The Morgan fingerprint density at radius 1 is 1.08 bits per heavy atom. The molecule has 0 atom stereocenters. The van der Waals surface area contributed by atoms with Crippen molar-refractivity contribution in [2.45, 2.75) is 64.8 Å². The zero-order valence-electron chi connectivity index (χ0n) is 20.9. The molecule has 188 valence electrons. The van der Waals surface area contributed by atoms with E-state index in [2.05, 4.69) is 16.3 Å². The molecule has 0 unspecified atom stereocenters. The van der Waals surface area contributed by atoms with Crippen LogP contribution in [-0.4, -0.2) is 44.3 Å². The predicted molar refractivity (Wildman–Crippen MR) is 140 cm³/mol. The summed E-state index contributed by atoms with van der Waals surface area (Å²) in [5.74, 6) is 0.529. The van der Waals surface area contributed by atoms with Gasteiger partial charge in [-0.25, -0.2) is 0 Å². The number of aromatic nitrogens is 1. The quantitative estimate of drug-likeness (QED) is 0.436. The maximum Gasteiger partial charge on any atom is 0.239 e. The second-order valence-electron chi connectivity index (χ2n) is 9.70. The Morgan fingerprint density at radius 2 is 1.78 bits per heavy atom. The van der Waals surface area contributed by atoms with Crippen LogP contribution in [0.15, 0.2) is 54.6 Å². The molecule has 7 nitrogen and oxygen atoms in total. The largest absolute Gasteiger partial charge is 0.508 e. The first-order valence-electron chi connectivity index (χ1n) is 12.5. The highest BCUT2D eigenvalue weighted by Gasteiger charge is 2.27. The molecular weight excluding hydrogens is 452 g/mol. The lowest BCUT2D eigenvalue weighted by Crippen LogP contribution is -2.43. The summed E-state index contributed by atoms with van der Waals surface area (Å²) in [6, 6.07) is 19.5. The van der Waals surface area contributed by atoms with Crippen LogP contribution in [0.5, 0.6) is 5.75 Å². The summed E-state index contributed by atoms with van der Waals surface area (Å²) in [5, 5.41) is 32.8. The van der Waals surface area contributed by atoms with Gasteiger partial charge in [-0.2, -0.15) is 5.26 Å². The molecule has 2 aromatic carbocycles. The molecule has 1 heterocycles. The second kappa shape index (κ2) is 11.4. The van der Waals surface area contributed by atoms with E-state index in [1.807, 2.05) is 54.8 Å². The average Bonchev–Trinajstić information content (AvgIpc) is 3.08. The summed E-state index contributed by atoms with van der Waals surface area (Å²) >= 11 is 0. The highest BCUT2D eigenvalue weighted by molar-refractivity contribution is 5.93. The van der Waals surface area contributed by atoms with Crippen LogP contribution >= 0.6 is 0 Å². The Labute approximate surface area is 212 Å². The van der Waals surface area contributed by atoms with E-state index in [9.17, 15) is 20.3 Å². The molecule has 3 aromatic rings. The molecule has 1 amide bonds. The number of aromatic hydroxyl groups is 1. The van der Waals surface area contributed by atoms with Crippen molar-refractivity contribution in [2.24, 2.45) is 0 Å². The van der Waals surface area contributed by atoms with E-state index in [4.69, 9.17) is 0 Å². The molecule has 36 heavy (non-hydrogen) atoms. The van der Waals surface area contributed by atoms with E-state index < -0.39 is 0 Å². The molecule has 4 rings (SSSR count). The Balaban J connectivity index is 1.57. The van der Waals surface area contributed by atoms with Crippen molar-refractivity contribution < 1.29 is 15.0 Å². The van der Waals surface area contributed by atoms with Crippen molar-refractivity contribution in [1.82, 2.24) is 9.47 Å².